The van der Waals surface area contributed by atoms with Crippen LogP contribution < -0.4 is 5.32 Å². The highest BCUT2D eigenvalue weighted by Gasteiger charge is 2.48. The van der Waals surface area contributed by atoms with Crippen molar-refractivity contribution < 1.29 is 62.7 Å². The van der Waals surface area contributed by atoms with Crippen LogP contribution in [0.2, 0.25) is 0 Å². The maximum Gasteiger partial charge on any atom is 0.472 e. The second-order valence-corrected chi connectivity index (χ2v) is 18.0. The molecule has 1 saturated heterocycles. The van der Waals surface area contributed by atoms with Gasteiger partial charge in [-0.05, 0) is 77.0 Å². The molecule has 1 aliphatic heterocycles. The molecule has 0 aromatic rings. The normalized spacial score (nSPS) is 20.9. The molecular formula is C51H86NO13P. The van der Waals surface area contributed by atoms with Crippen LogP contribution in [0.4, 0.5) is 0 Å². The molecule has 0 saturated carbocycles. The number of unbranched alkanes of at least 4 members (excludes halogenated alkanes) is 11. The Balaban J connectivity index is 2.48. The zero-order valence-corrected chi connectivity index (χ0v) is 41.0. The molecule has 0 spiro atoms. The largest absolute Gasteiger partial charge is 0.472 e. The maximum absolute atomic E-state index is 12.8. The predicted octanol–water partition coefficient (Wildman–Crippen LogP) is 9.48. The Morgan fingerprint density at radius 1 is 0.667 bits per heavy atom. The number of hydrogen-bond donors (Lipinski definition) is 6. The Morgan fingerprint density at radius 3 is 1.76 bits per heavy atom. The third-order valence-electron chi connectivity index (χ3n) is 10.5. The van der Waals surface area contributed by atoms with Crippen molar-refractivity contribution in [3.05, 3.63) is 85.1 Å². The minimum Gasteiger partial charge on any atom is -0.462 e. The number of phosphoric acid groups is 1. The number of nitrogens with one attached hydrogen (secondary N) is 1. The molecule has 6 atom stereocenters. The predicted molar refractivity (Wildman–Crippen MR) is 261 cm³/mol. The standard InChI is InChI=1S/C51H86NO13P/c1-3-5-7-9-11-13-15-17-19-20-21-22-24-26-28-30-32-34-36-38-48(55)65-45(41-61-47(54)37-35-33-31-29-27-25-23-18-16-14-12-10-8-6-4-2)42-64-66(59,60)63-40-39-52-44-51(58)50(57)49(56)46(53)43-62-51/h5,7,11,13,17-19,21-23,26,28,32,34,45-46,49-50,52-53,56-58H,3-4,6,8-10,12,14-16,20,24-25,27,29-31,33,35-44H2,1-2H3,(H,59,60)/b7-5-,13-11-,19-17-,22-21-,23-18-,28-26-,34-32-/t45-,46-,49-,50+,51-/m1/s1. The van der Waals surface area contributed by atoms with Gasteiger partial charge in [0.25, 0.3) is 0 Å². The van der Waals surface area contributed by atoms with Gasteiger partial charge < -0.3 is 44.8 Å². The van der Waals surface area contributed by atoms with E-state index in [1.54, 1.807) is 0 Å². The van der Waals surface area contributed by atoms with E-state index in [9.17, 15) is 39.5 Å². The van der Waals surface area contributed by atoms with Gasteiger partial charge >= 0.3 is 19.8 Å². The van der Waals surface area contributed by atoms with E-state index in [2.05, 4.69) is 86.0 Å². The minimum absolute atomic E-state index is 0.0290. The van der Waals surface area contributed by atoms with Crippen molar-refractivity contribution in [2.45, 2.75) is 185 Å². The SMILES string of the molecule is CC/C=C\C/C=C\C/C=C\C/C=C\C/C=C\C/C=C\CCC(=O)O[C@H](COC(=O)CCCCCCC/C=C\CCCCCCCC)COP(=O)(O)OCCNC[C@@]1(O)OC[C@@H](O)[C@@H](O)[C@@H]1O. The first-order valence-corrected chi connectivity index (χ1v) is 26.1. The molecule has 14 nitrogen and oxygen atoms in total. The molecular weight excluding hydrogens is 866 g/mol. The maximum atomic E-state index is 12.8. The molecule has 66 heavy (non-hydrogen) atoms. The third-order valence-corrected chi connectivity index (χ3v) is 11.5. The Labute approximate surface area is 396 Å². The van der Waals surface area contributed by atoms with Crippen molar-refractivity contribution in [1.29, 1.82) is 0 Å². The second-order valence-electron chi connectivity index (χ2n) is 16.5. The molecule has 0 bridgehead atoms. The van der Waals surface area contributed by atoms with Gasteiger partial charge in [0.05, 0.1) is 26.4 Å². The summed E-state index contributed by atoms with van der Waals surface area (Å²) in [6, 6.07) is 0. The Morgan fingerprint density at radius 2 is 1.18 bits per heavy atom. The van der Waals surface area contributed by atoms with Gasteiger partial charge in [-0.15, -0.1) is 0 Å². The van der Waals surface area contributed by atoms with Crippen LogP contribution in [0.3, 0.4) is 0 Å². The fraction of sp³-hybridized carbons (Fsp3) is 0.686. The third kappa shape index (κ3) is 34.3. The van der Waals surface area contributed by atoms with Crippen LogP contribution in [0.5, 0.6) is 0 Å². The summed E-state index contributed by atoms with van der Waals surface area (Å²) in [5, 5.41) is 42.7. The number of hydrogen-bond acceptors (Lipinski definition) is 13. The molecule has 0 aromatic heterocycles. The number of carbonyl (C=O) groups is 2. The first-order chi connectivity index (χ1) is 31.9. The van der Waals surface area contributed by atoms with Crippen LogP contribution in [0.25, 0.3) is 0 Å². The van der Waals surface area contributed by atoms with E-state index in [0.29, 0.717) is 19.3 Å². The highest BCUT2D eigenvalue weighted by molar-refractivity contribution is 7.47. The molecule has 0 aliphatic carbocycles. The van der Waals surface area contributed by atoms with Crippen molar-refractivity contribution in [2.75, 3.05) is 39.5 Å². The first-order valence-electron chi connectivity index (χ1n) is 24.6. The number of rotatable bonds is 41. The molecule has 0 aromatic carbocycles. The molecule has 1 aliphatic rings. The number of ether oxygens (including phenoxy) is 3. The van der Waals surface area contributed by atoms with Crippen molar-refractivity contribution in [2.24, 2.45) is 0 Å². The number of phosphoric ester groups is 1. The second kappa shape index (κ2) is 41.0. The van der Waals surface area contributed by atoms with E-state index >= 15 is 0 Å². The zero-order chi connectivity index (χ0) is 48.4. The van der Waals surface area contributed by atoms with Gasteiger partial charge in [0.1, 0.15) is 24.9 Å². The van der Waals surface area contributed by atoms with Gasteiger partial charge in [0.15, 0.2) is 6.10 Å². The lowest BCUT2D eigenvalue weighted by atomic mass is 9.97. The number of esters is 2. The van der Waals surface area contributed by atoms with E-state index < -0.39 is 69.7 Å². The molecule has 378 valence electrons. The molecule has 0 radical (unpaired) electrons. The summed E-state index contributed by atoms with van der Waals surface area (Å²) in [6.45, 7) is 2.11. The van der Waals surface area contributed by atoms with E-state index in [1.807, 2.05) is 18.2 Å². The van der Waals surface area contributed by atoms with Crippen molar-refractivity contribution in [3.63, 3.8) is 0 Å². The molecule has 0 amide bonds. The van der Waals surface area contributed by atoms with Gasteiger partial charge in [-0.2, -0.15) is 0 Å². The quantitative estimate of drug-likeness (QED) is 0.0146. The smallest absolute Gasteiger partial charge is 0.462 e. The fourth-order valence-electron chi connectivity index (χ4n) is 6.56. The topological polar surface area (TPSA) is 211 Å². The number of aliphatic hydroxyl groups excluding tert-OH is 3. The first kappa shape index (κ1) is 61.0. The monoisotopic (exact) mass is 952 g/mol. The average Bonchev–Trinajstić information content (AvgIpc) is 3.30. The van der Waals surface area contributed by atoms with Crippen LogP contribution in [0.15, 0.2) is 85.1 Å². The molecule has 1 rings (SSSR count). The highest BCUT2D eigenvalue weighted by Crippen LogP contribution is 2.43. The van der Waals surface area contributed by atoms with Crippen molar-refractivity contribution in [1.82, 2.24) is 5.32 Å². The van der Waals surface area contributed by atoms with Gasteiger partial charge in [-0.1, -0.05) is 150 Å². The van der Waals surface area contributed by atoms with Gasteiger partial charge in [-0.25, -0.2) is 4.57 Å². The molecule has 1 unspecified atom stereocenters. The van der Waals surface area contributed by atoms with Crippen LogP contribution >= 0.6 is 7.82 Å². The Bertz CT molecular complexity index is 1490. The molecule has 15 heteroatoms. The van der Waals surface area contributed by atoms with Crippen LogP contribution in [-0.2, 0) is 37.4 Å². The van der Waals surface area contributed by atoms with Crippen molar-refractivity contribution in [3.8, 4) is 0 Å². The van der Waals surface area contributed by atoms with Crippen molar-refractivity contribution >= 4 is 19.8 Å². The van der Waals surface area contributed by atoms with Gasteiger partial charge in [-0.3, -0.25) is 18.6 Å². The van der Waals surface area contributed by atoms with E-state index in [4.69, 9.17) is 23.3 Å². The lowest BCUT2D eigenvalue weighted by Crippen LogP contribution is -2.64. The summed E-state index contributed by atoms with van der Waals surface area (Å²) in [6.07, 6.45) is 44.6. The average molecular weight is 952 g/mol. The van der Waals surface area contributed by atoms with Crippen LogP contribution in [0.1, 0.15) is 155 Å². The van der Waals surface area contributed by atoms with E-state index in [-0.39, 0.29) is 32.6 Å². The molecule has 1 fully saturated rings. The number of carbonyl (C=O) groups excluding carboxylic acids is 2. The lowest BCUT2D eigenvalue weighted by Gasteiger charge is -2.41. The summed E-state index contributed by atoms with van der Waals surface area (Å²) < 4.78 is 38.7. The number of allylic oxidation sites excluding steroid dienone is 14. The van der Waals surface area contributed by atoms with Crippen LogP contribution in [0, 0.1) is 0 Å². The summed E-state index contributed by atoms with van der Waals surface area (Å²) in [5.74, 6) is -3.28. The summed E-state index contributed by atoms with van der Waals surface area (Å²) >= 11 is 0. The fourth-order valence-corrected chi connectivity index (χ4v) is 7.31. The van der Waals surface area contributed by atoms with Crippen LogP contribution in [-0.4, -0.2) is 107 Å². The van der Waals surface area contributed by atoms with E-state index in [1.165, 1.54) is 38.5 Å². The lowest BCUT2D eigenvalue weighted by molar-refractivity contribution is -0.317. The van der Waals surface area contributed by atoms with Gasteiger partial charge in [0.2, 0.25) is 5.79 Å². The molecule has 6 N–H and O–H groups in total. The summed E-state index contributed by atoms with van der Waals surface area (Å²) in [7, 11) is -4.68. The van der Waals surface area contributed by atoms with Gasteiger partial charge in [0, 0.05) is 19.4 Å². The summed E-state index contributed by atoms with van der Waals surface area (Å²) in [5.41, 5.74) is 0. The minimum atomic E-state index is -4.68. The molecule has 1 heterocycles. The Kier molecular flexibility index (Phi) is 37.9. The number of aliphatic hydroxyl groups is 4. The highest BCUT2D eigenvalue weighted by atomic mass is 31.2. The Hall–Kier alpha value is -3.01. The van der Waals surface area contributed by atoms with E-state index in [0.717, 1.165) is 70.6 Å². The zero-order valence-electron chi connectivity index (χ0n) is 40.1. The summed E-state index contributed by atoms with van der Waals surface area (Å²) in [4.78, 5) is 35.6.